The molecule has 0 saturated heterocycles. The van der Waals surface area contributed by atoms with Crippen LogP contribution in [0.4, 0.5) is 5.69 Å². The zero-order chi connectivity index (χ0) is 19.0. The van der Waals surface area contributed by atoms with Gasteiger partial charge in [-0.15, -0.1) is 0 Å². The van der Waals surface area contributed by atoms with Gasteiger partial charge >= 0.3 is 0 Å². The molecule has 0 aliphatic carbocycles. The molecule has 0 atom stereocenters. The first-order valence-electron chi connectivity index (χ1n) is 8.55. The van der Waals surface area contributed by atoms with E-state index in [0.29, 0.717) is 11.3 Å². The second-order valence-corrected chi connectivity index (χ2v) is 7.44. The lowest BCUT2D eigenvalue weighted by Gasteiger charge is -2.09. The molecule has 4 aromatic rings. The molecule has 0 bridgehead atoms. The molecule has 27 heavy (non-hydrogen) atoms. The third kappa shape index (κ3) is 3.51. The maximum Gasteiger partial charge on any atom is 0.255 e. The summed E-state index contributed by atoms with van der Waals surface area (Å²) in [5.74, 6) is 0.491. The Morgan fingerprint density at radius 2 is 1.78 bits per heavy atom. The van der Waals surface area contributed by atoms with Crippen LogP contribution in [0.25, 0.3) is 22.2 Å². The van der Waals surface area contributed by atoms with Crippen molar-refractivity contribution in [3.63, 3.8) is 0 Å². The topological polar surface area (TPSA) is 55.1 Å². The Labute approximate surface area is 165 Å². The van der Waals surface area contributed by atoms with Gasteiger partial charge in [-0.25, -0.2) is 0 Å². The molecule has 3 aromatic carbocycles. The highest BCUT2D eigenvalue weighted by Gasteiger charge is 2.14. The lowest BCUT2D eigenvalue weighted by molar-refractivity contribution is 0.102. The summed E-state index contributed by atoms with van der Waals surface area (Å²) in [7, 11) is 0. The molecule has 4 nitrogen and oxygen atoms in total. The van der Waals surface area contributed by atoms with E-state index in [9.17, 15) is 4.79 Å². The van der Waals surface area contributed by atoms with Crippen molar-refractivity contribution < 1.29 is 9.32 Å². The van der Waals surface area contributed by atoms with E-state index in [2.05, 4.69) is 26.4 Å². The van der Waals surface area contributed by atoms with Gasteiger partial charge in [0, 0.05) is 21.3 Å². The average Bonchev–Trinajstić information content (AvgIpc) is 3.08. The summed E-state index contributed by atoms with van der Waals surface area (Å²) in [6, 6.07) is 19.1. The molecule has 1 heterocycles. The molecule has 0 fully saturated rings. The molecule has 1 amide bonds. The fourth-order valence-electron chi connectivity index (χ4n) is 3.04. The van der Waals surface area contributed by atoms with Gasteiger partial charge in [-0.1, -0.05) is 38.8 Å². The molecular formula is C22H17BrN2O2. The number of carbonyl (C=O) groups excluding carboxylic acids is 1. The lowest BCUT2D eigenvalue weighted by atomic mass is 10.1. The van der Waals surface area contributed by atoms with Crippen molar-refractivity contribution in [2.75, 3.05) is 5.32 Å². The minimum absolute atomic E-state index is 0.160. The highest BCUT2D eigenvalue weighted by molar-refractivity contribution is 9.10. The number of nitrogens with one attached hydrogen (secondary N) is 1. The molecule has 1 N–H and O–H groups in total. The highest BCUT2D eigenvalue weighted by Crippen LogP contribution is 2.30. The number of fused-ring (bicyclic) bond motifs is 1. The predicted octanol–water partition coefficient (Wildman–Crippen LogP) is 6.13. The van der Waals surface area contributed by atoms with Crippen LogP contribution in [-0.2, 0) is 0 Å². The summed E-state index contributed by atoms with van der Waals surface area (Å²) in [5, 5.41) is 7.90. The van der Waals surface area contributed by atoms with Crippen LogP contribution in [-0.4, -0.2) is 11.1 Å². The smallest absolute Gasteiger partial charge is 0.255 e. The van der Waals surface area contributed by atoms with E-state index in [0.717, 1.165) is 37.8 Å². The molecule has 134 valence electrons. The van der Waals surface area contributed by atoms with Crippen molar-refractivity contribution in [3.8, 4) is 11.3 Å². The van der Waals surface area contributed by atoms with Crippen molar-refractivity contribution >= 4 is 38.4 Å². The first-order chi connectivity index (χ1) is 13.0. The van der Waals surface area contributed by atoms with Gasteiger partial charge in [0.15, 0.2) is 5.76 Å². The van der Waals surface area contributed by atoms with Crippen molar-refractivity contribution in [1.29, 1.82) is 0 Å². The van der Waals surface area contributed by atoms with E-state index < -0.39 is 0 Å². The molecule has 0 saturated carbocycles. The number of aryl methyl sites for hydroxylation is 2. The molecule has 0 aliphatic heterocycles. The van der Waals surface area contributed by atoms with Crippen LogP contribution in [0.15, 0.2) is 69.7 Å². The van der Waals surface area contributed by atoms with Crippen LogP contribution in [0.5, 0.6) is 0 Å². The van der Waals surface area contributed by atoms with Crippen molar-refractivity contribution in [1.82, 2.24) is 5.16 Å². The van der Waals surface area contributed by atoms with Crippen LogP contribution in [0, 0.1) is 13.8 Å². The number of benzene rings is 3. The summed E-state index contributed by atoms with van der Waals surface area (Å²) in [5.41, 5.74) is 5.19. The summed E-state index contributed by atoms with van der Waals surface area (Å²) >= 11 is 3.43. The normalized spacial score (nSPS) is 10.9. The van der Waals surface area contributed by atoms with Gasteiger partial charge in [-0.05, 0) is 67.9 Å². The molecule has 0 unspecified atom stereocenters. The van der Waals surface area contributed by atoms with Crippen LogP contribution >= 0.6 is 15.9 Å². The molecule has 4 rings (SSSR count). The van der Waals surface area contributed by atoms with E-state index in [-0.39, 0.29) is 5.91 Å². The lowest BCUT2D eigenvalue weighted by Crippen LogP contribution is -2.12. The number of nitrogens with zero attached hydrogens (tertiary/aromatic N) is 1. The molecule has 5 heteroatoms. The number of carbonyl (C=O) groups is 1. The van der Waals surface area contributed by atoms with Crippen LogP contribution in [0.3, 0.4) is 0 Å². The van der Waals surface area contributed by atoms with E-state index in [1.54, 1.807) is 12.1 Å². The fourth-order valence-corrected chi connectivity index (χ4v) is 3.30. The first-order valence-corrected chi connectivity index (χ1v) is 9.34. The molecule has 0 aliphatic rings. The van der Waals surface area contributed by atoms with Crippen LogP contribution < -0.4 is 5.32 Å². The summed E-state index contributed by atoms with van der Waals surface area (Å²) in [6.07, 6.45) is 0. The quantitative estimate of drug-likeness (QED) is 0.433. The van der Waals surface area contributed by atoms with Gasteiger partial charge in [0.05, 0.1) is 5.39 Å². The zero-order valence-corrected chi connectivity index (χ0v) is 16.5. The van der Waals surface area contributed by atoms with Crippen molar-refractivity contribution in [3.05, 3.63) is 81.8 Å². The monoisotopic (exact) mass is 420 g/mol. The SMILES string of the molecule is Cc1ccc(NC(=O)c2ccc3noc(-c4ccc(Br)cc4)c3c2)c(C)c1. The van der Waals surface area contributed by atoms with E-state index >= 15 is 0 Å². The number of hydrogen-bond acceptors (Lipinski definition) is 3. The van der Waals surface area contributed by atoms with Gasteiger partial charge in [0.2, 0.25) is 0 Å². The number of rotatable bonds is 3. The zero-order valence-electron chi connectivity index (χ0n) is 14.9. The van der Waals surface area contributed by atoms with Gasteiger partial charge in [-0.3, -0.25) is 4.79 Å². The Morgan fingerprint density at radius 3 is 2.52 bits per heavy atom. The van der Waals surface area contributed by atoms with Crippen molar-refractivity contribution in [2.45, 2.75) is 13.8 Å². The predicted molar refractivity (Wildman–Crippen MR) is 111 cm³/mol. The highest BCUT2D eigenvalue weighted by atomic mass is 79.9. The van der Waals surface area contributed by atoms with Gasteiger partial charge in [-0.2, -0.15) is 0 Å². The van der Waals surface area contributed by atoms with E-state index in [1.807, 2.05) is 62.4 Å². The van der Waals surface area contributed by atoms with Crippen molar-refractivity contribution in [2.24, 2.45) is 0 Å². The number of aromatic nitrogens is 1. The number of halogens is 1. The largest absolute Gasteiger partial charge is 0.355 e. The second-order valence-electron chi connectivity index (χ2n) is 6.52. The maximum absolute atomic E-state index is 12.7. The van der Waals surface area contributed by atoms with Gasteiger partial charge < -0.3 is 9.84 Å². The Kier molecular flexibility index (Phi) is 4.54. The second kappa shape index (κ2) is 7.00. The molecule has 0 radical (unpaired) electrons. The minimum Gasteiger partial charge on any atom is -0.355 e. The third-order valence-corrected chi connectivity index (χ3v) is 5.00. The molecule has 1 aromatic heterocycles. The maximum atomic E-state index is 12.7. The number of amides is 1. The van der Waals surface area contributed by atoms with Gasteiger partial charge in [0.1, 0.15) is 5.52 Å². The Bertz CT molecular complexity index is 1150. The number of anilines is 1. The minimum atomic E-state index is -0.160. The average molecular weight is 421 g/mol. The summed E-state index contributed by atoms with van der Waals surface area (Å²) < 4.78 is 6.52. The standard InChI is InChI=1S/C22H17BrN2O2/c1-13-3-9-19(14(2)11-13)24-22(26)16-6-10-20-18(12-16)21(27-25-20)15-4-7-17(23)8-5-15/h3-12H,1-2H3,(H,24,26). The Balaban J connectivity index is 1.69. The summed E-state index contributed by atoms with van der Waals surface area (Å²) in [6.45, 7) is 4.01. The van der Waals surface area contributed by atoms with E-state index in [4.69, 9.17) is 4.52 Å². The number of hydrogen-bond donors (Lipinski definition) is 1. The van der Waals surface area contributed by atoms with Crippen LogP contribution in [0.1, 0.15) is 21.5 Å². The first kappa shape index (κ1) is 17.5. The third-order valence-electron chi connectivity index (χ3n) is 4.48. The van der Waals surface area contributed by atoms with Crippen LogP contribution in [0.2, 0.25) is 0 Å². The molecule has 0 spiro atoms. The molecular weight excluding hydrogens is 404 g/mol. The van der Waals surface area contributed by atoms with E-state index in [1.165, 1.54) is 0 Å². The Morgan fingerprint density at radius 1 is 1.00 bits per heavy atom. The van der Waals surface area contributed by atoms with Gasteiger partial charge in [0.25, 0.3) is 5.91 Å². The Hall–Kier alpha value is -2.92. The fraction of sp³-hybridized carbons (Fsp3) is 0.0909. The summed E-state index contributed by atoms with van der Waals surface area (Å²) in [4.78, 5) is 12.7.